The zero-order valence-corrected chi connectivity index (χ0v) is 13.9. The van der Waals surface area contributed by atoms with Gasteiger partial charge in [0.2, 0.25) is 0 Å². The molecule has 1 aliphatic heterocycles. The van der Waals surface area contributed by atoms with Crippen molar-refractivity contribution in [3.63, 3.8) is 0 Å². The first-order chi connectivity index (χ1) is 10.2. The number of nitrogens with zero attached hydrogens (tertiary/aromatic N) is 1. The molecule has 1 saturated heterocycles. The molecule has 0 aliphatic carbocycles. The number of hydrogen-bond acceptors (Lipinski definition) is 1. The molecule has 0 aromatic heterocycles. The molecule has 0 saturated carbocycles. The maximum atomic E-state index is 13.7. The van der Waals surface area contributed by atoms with Crippen molar-refractivity contribution in [2.45, 2.75) is 52.0 Å². The first kappa shape index (κ1) is 19.2. The normalized spacial score (nSPS) is 18.5. The van der Waals surface area contributed by atoms with E-state index in [0.29, 0.717) is 38.0 Å². The highest BCUT2D eigenvalue weighted by atomic mass is 35.5. The minimum Gasteiger partial charge on any atom is -0.299 e. The van der Waals surface area contributed by atoms with E-state index in [1.54, 1.807) is 6.92 Å². The fourth-order valence-corrected chi connectivity index (χ4v) is 2.60. The number of rotatable bonds is 2. The van der Waals surface area contributed by atoms with Crippen LogP contribution in [0.2, 0.25) is 5.02 Å². The van der Waals surface area contributed by atoms with Crippen LogP contribution < -0.4 is 0 Å². The molecule has 1 heterocycles. The lowest BCUT2D eigenvalue weighted by atomic mass is 9.95. The van der Waals surface area contributed by atoms with E-state index in [4.69, 9.17) is 11.6 Å². The quantitative estimate of drug-likeness (QED) is 0.624. The van der Waals surface area contributed by atoms with Gasteiger partial charge in [0, 0.05) is 24.7 Å². The minimum absolute atomic E-state index is 0.0714. The monoisotopic (exact) mass is 339 g/mol. The maximum absolute atomic E-state index is 13.7. The summed E-state index contributed by atoms with van der Waals surface area (Å²) in [7, 11) is 0. The molecular formula is C16H22ClF4N. The van der Waals surface area contributed by atoms with Crippen LogP contribution >= 0.6 is 11.6 Å². The van der Waals surface area contributed by atoms with Crippen molar-refractivity contribution in [3.05, 3.63) is 34.3 Å². The summed E-state index contributed by atoms with van der Waals surface area (Å²) in [4.78, 5) is 1.95. The average molecular weight is 340 g/mol. The molecule has 1 aliphatic rings. The lowest BCUT2D eigenvalue weighted by molar-refractivity contribution is -0.137. The fraction of sp³-hybridized carbons (Fsp3) is 0.625. The summed E-state index contributed by atoms with van der Waals surface area (Å²) in [6, 6.07) is 3.55. The van der Waals surface area contributed by atoms with E-state index in [1.165, 1.54) is 6.07 Å². The number of alkyl halides is 4. The molecule has 2 rings (SSSR count). The van der Waals surface area contributed by atoms with Crippen molar-refractivity contribution in [1.82, 2.24) is 4.90 Å². The Balaban J connectivity index is 0.00000116. The van der Waals surface area contributed by atoms with Gasteiger partial charge in [-0.1, -0.05) is 25.4 Å². The molecule has 0 unspecified atom stereocenters. The van der Waals surface area contributed by atoms with Gasteiger partial charge in [-0.15, -0.1) is 0 Å². The Kier molecular flexibility index (Phi) is 6.68. The van der Waals surface area contributed by atoms with Crippen molar-refractivity contribution >= 4 is 11.6 Å². The van der Waals surface area contributed by atoms with Gasteiger partial charge in [-0.05, 0) is 43.5 Å². The third-order valence-electron chi connectivity index (χ3n) is 3.59. The van der Waals surface area contributed by atoms with E-state index >= 15 is 0 Å². The molecule has 0 radical (unpaired) electrons. The second kappa shape index (κ2) is 7.64. The summed E-state index contributed by atoms with van der Waals surface area (Å²) in [5.74, 6) is 0. The number of halogens is 5. The number of benzene rings is 1. The molecule has 1 fully saturated rings. The molecule has 0 amide bonds. The van der Waals surface area contributed by atoms with Crippen molar-refractivity contribution in [2.75, 3.05) is 13.1 Å². The number of hydrogen-bond donors (Lipinski definition) is 0. The Bertz CT molecular complexity index is 476. The Hall–Kier alpha value is -0.810. The molecule has 0 bridgehead atoms. The van der Waals surface area contributed by atoms with Crippen LogP contribution in [0.1, 0.15) is 44.7 Å². The lowest BCUT2D eigenvalue weighted by Crippen LogP contribution is -2.39. The standard InChI is InChI=1S/C14H16ClF4N.C2H6/c1-13(16)2-4-20(5-3-13)9-10-6-11(14(17,18)19)8-12(15)7-10;1-2/h6-8H,2-5,9H2,1H3;1-2H3. The number of likely N-dealkylation sites (tertiary alicyclic amines) is 1. The zero-order valence-electron chi connectivity index (χ0n) is 13.1. The van der Waals surface area contributed by atoms with Crippen LogP contribution in [0.4, 0.5) is 17.6 Å². The van der Waals surface area contributed by atoms with Crippen molar-refractivity contribution in [1.29, 1.82) is 0 Å². The summed E-state index contributed by atoms with van der Waals surface area (Å²) < 4.78 is 51.8. The van der Waals surface area contributed by atoms with E-state index in [-0.39, 0.29) is 5.02 Å². The summed E-state index contributed by atoms with van der Waals surface area (Å²) in [6.45, 7) is 7.01. The number of piperidine rings is 1. The highest BCUT2D eigenvalue weighted by Gasteiger charge is 2.32. The molecule has 1 aromatic carbocycles. The zero-order chi connectivity index (χ0) is 17.0. The molecule has 126 valence electrons. The van der Waals surface area contributed by atoms with Crippen LogP contribution in [0.15, 0.2) is 18.2 Å². The van der Waals surface area contributed by atoms with Crippen LogP contribution in [0.3, 0.4) is 0 Å². The van der Waals surface area contributed by atoms with Gasteiger partial charge in [-0.2, -0.15) is 13.2 Å². The van der Waals surface area contributed by atoms with E-state index < -0.39 is 17.4 Å². The van der Waals surface area contributed by atoms with Gasteiger partial charge in [0.05, 0.1) is 5.56 Å². The Morgan fingerprint density at radius 3 is 2.18 bits per heavy atom. The molecule has 0 N–H and O–H groups in total. The average Bonchev–Trinajstić information content (AvgIpc) is 2.42. The first-order valence-corrected chi connectivity index (χ1v) is 7.81. The van der Waals surface area contributed by atoms with Crippen molar-refractivity contribution in [2.24, 2.45) is 0 Å². The molecule has 22 heavy (non-hydrogen) atoms. The summed E-state index contributed by atoms with van der Waals surface area (Å²) in [6.07, 6.45) is -3.60. The molecule has 0 atom stereocenters. The molecule has 6 heteroatoms. The second-order valence-corrected chi connectivity index (χ2v) is 5.97. The van der Waals surface area contributed by atoms with Gasteiger partial charge in [-0.25, -0.2) is 4.39 Å². The second-order valence-electron chi connectivity index (χ2n) is 5.54. The maximum Gasteiger partial charge on any atom is 0.416 e. The fourth-order valence-electron chi connectivity index (χ4n) is 2.34. The SMILES string of the molecule is CC.CC1(F)CCN(Cc2cc(Cl)cc(C(F)(F)F)c2)CC1. The van der Waals surface area contributed by atoms with E-state index in [0.717, 1.165) is 12.1 Å². The molecule has 1 aromatic rings. The minimum atomic E-state index is -4.40. The lowest BCUT2D eigenvalue weighted by Gasteiger charge is -2.34. The Morgan fingerprint density at radius 1 is 1.14 bits per heavy atom. The first-order valence-electron chi connectivity index (χ1n) is 7.44. The van der Waals surface area contributed by atoms with Crippen LogP contribution in [0.25, 0.3) is 0 Å². The predicted octanol–water partition coefficient (Wildman–Crippen LogP) is 5.71. The highest BCUT2D eigenvalue weighted by molar-refractivity contribution is 6.30. The van der Waals surface area contributed by atoms with Gasteiger partial charge in [0.1, 0.15) is 5.67 Å². The topological polar surface area (TPSA) is 3.24 Å². The molecular weight excluding hydrogens is 318 g/mol. The Labute approximate surface area is 134 Å². The third kappa shape index (κ3) is 5.76. The molecule has 0 spiro atoms. The largest absolute Gasteiger partial charge is 0.416 e. The van der Waals surface area contributed by atoms with Crippen molar-refractivity contribution < 1.29 is 17.6 Å². The van der Waals surface area contributed by atoms with Crippen molar-refractivity contribution in [3.8, 4) is 0 Å². The third-order valence-corrected chi connectivity index (χ3v) is 3.81. The predicted molar refractivity (Wildman–Crippen MR) is 81.8 cm³/mol. The van der Waals surface area contributed by atoms with E-state index in [2.05, 4.69) is 0 Å². The van der Waals surface area contributed by atoms with Gasteiger partial charge in [0.25, 0.3) is 0 Å². The molecule has 1 nitrogen and oxygen atoms in total. The van der Waals surface area contributed by atoms with Crippen LogP contribution in [-0.2, 0) is 12.7 Å². The van der Waals surface area contributed by atoms with Crippen LogP contribution in [0.5, 0.6) is 0 Å². The van der Waals surface area contributed by atoms with Crippen LogP contribution in [0, 0.1) is 0 Å². The smallest absolute Gasteiger partial charge is 0.299 e. The summed E-state index contributed by atoms with van der Waals surface area (Å²) >= 11 is 5.74. The van der Waals surface area contributed by atoms with E-state index in [9.17, 15) is 17.6 Å². The highest BCUT2D eigenvalue weighted by Crippen LogP contribution is 2.33. The van der Waals surface area contributed by atoms with Gasteiger partial charge < -0.3 is 0 Å². The van der Waals surface area contributed by atoms with Gasteiger partial charge in [0.15, 0.2) is 0 Å². The van der Waals surface area contributed by atoms with Gasteiger partial charge >= 0.3 is 6.18 Å². The van der Waals surface area contributed by atoms with Crippen LogP contribution in [-0.4, -0.2) is 23.7 Å². The summed E-state index contributed by atoms with van der Waals surface area (Å²) in [5.41, 5.74) is -1.40. The summed E-state index contributed by atoms with van der Waals surface area (Å²) in [5, 5.41) is 0.0714. The van der Waals surface area contributed by atoms with E-state index in [1.807, 2.05) is 18.7 Å². The van der Waals surface area contributed by atoms with Gasteiger partial charge in [-0.3, -0.25) is 4.90 Å². The Morgan fingerprint density at radius 2 is 1.68 bits per heavy atom.